The summed E-state index contributed by atoms with van der Waals surface area (Å²) >= 11 is 0. The van der Waals surface area contributed by atoms with Crippen LogP contribution in [0.2, 0.25) is 0 Å². The molecule has 13 rings (SSSR count). The first-order valence-electron chi connectivity index (χ1n) is 21.2. The minimum atomic E-state index is 0.606. The van der Waals surface area contributed by atoms with Crippen LogP contribution in [0.25, 0.3) is 122 Å². The van der Waals surface area contributed by atoms with Crippen LogP contribution < -0.4 is 0 Å². The molecule has 0 amide bonds. The molecule has 6 nitrogen and oxygen atoms in total. The van der Waals surface area contributed by atoms with Crippen LogP contribution in [0.5, 0.6) is 0 Å². The van der Waals surface area contributed by atoms with E-state index in [0.717, 1.165) is 82.8 Å². The number of rotatable bonds is 6. The van der Waals surface area contributed by atoms with Gasteiger partial charge < -0.3 is 13.6 Å². The van der Waals surface area contributed by atoms with Crippen molar-refractivity contribution in [3.63, 3.8) is 0 Å². The summed E-state index contributed by atoms with van der Waals surface area (Å²) in [7, 11) is 0. The molecule has 0 aliphatic heterocycles. The topological polar surface area (TPSA) is 61.7 Å². The molecule has 0 aliphatic rings. The van der Waals surface area contributed by atoms with Gasteiger partial charge >= 0.3 is 0 Å². The van der Waals surface area contributed by atoms with E-state index in [1.54, 1.807) is 0 Å². The van der Waals surface area contributed by atoms with Crippen molar-refractivity contribution in [3.05, 3.63) is 212 Å². The minimum Gasteiger partial charge on any atom is -0.452 e. The highest BCUT2D eigenvalue weighted by Gasteiger charge is 2.25. The summed E-state index contributed by atoms with van der Waals surface area (Å²) in [5.74, 6) is 1.85. The summed E-state index contributed by atoms with van der Waals surface area (Å²) < 4.78 is 12.0. The Morgan fingerprint density at radius 2 is 0.889 bits per heavy atom. The van der Waals surface area contributed by atoms with E-state index >= 15 is 0 Å². The third-order valence-electron chi connectivity index (χ3n) is 12.4. The van der Waals surface area contributed by atoms with Crippen molar-refractivity contribution in [1.82, 2.24) is 24.1 Å². The first kappa shape index (κ1) is 35.2. The van der Waals surface area contributed by atoms with E-state index in [0.29, 0.717) is 17.5 Å². The summed E-state index contributed by atoms with van der Waals surface area (Å²) in [6, 6.07) is 74.2. The molecule has 0 N–H and O–H groups in total. The Balaban J connectivity index is 1.09. The van der Waals surface area contributed by atoms with Gasteiger partial charge in [0.1, 0.15) is 0 Å². The van der Waals surface area contributed by atoms with Gasteiger partial charge in [-0.25, -0.2) is 15.0 Å². The van der Waals surface area contributed by atoms with Crippen LogP contribution >= 0.6 is 0 Å². The predicted molar refractivity (Wildman–Crippen MR) is 258 cm³/mol. The maximum Gasteiger partial charge on any atom is 0.164 e. The van der Waals surface area contributed by atoms with Crippen LogP contribution in [-0.4, -0.2) is 24.1 Å². The number of aromatic nitrogens is 5. The monoisotopic (exact) mass is 805 g/mol. The molecule has 4 aromatic heterocycles. The van der Waals surface area contributed by atoms with Gasteiger partial charge in [0, 0.05) is 54.7 Å². The normalized spacial score (nSPS) is 11.8. The molecule has 0 unspecified atom stereocenters. The molecule has 0 fully saturated rings. The van der Waals surface area contributed by atoms with Gasteiger partial charge in [0.2, 0.25) is 0 Å². The second kappa shape index (κ2) is 14.0. The summed E-state index contributed by atoms with van der Waals surface area (Å²) in [5, 5.41) is 6.58. The lowest BCUT2D eigenvalue weighted by Crippen LogP contribution is -2.00. The van der Waals surface area contributed by atoms with Gasteiger partial charge in [-0.3, -0.25) is 0 Å². The van der Waals surface area contributed by atoms with Gasteiger partial charge in [0.25, 0.3) is 0 Å². The molecule has 0 atom stereocenters. The molecule has 9 aromatic carbocycles. The molecule has 0 saturated heterocycles. The SMILES string of the molecule is c1ccc(-c2ccc3c(c2)c2ccccc2n3-c2cccc3c2oc2c3ccc3c4c(-c5nc(-c6ccccc6)nc(-c6ccccc6)n5)cccc4n(-c4ccccc4)c32)cc1. The summed E-state index contributed by atoms with van der Waals surface area (Å²) in [5.41, 5.74) is 13.1. The van der Waals surface area contributed by atoms with Gasteiger partial charge in [-0.15, -0.1) is 0 Å². The number of hydrogen-bond donors (Lipinski definition) is 0. The molecule has 63 heavy (non-hydrogen) atoms. The first-order chi connectivity index (χ1) is 31.3. The van der Waals surface area contributed by atoms with Crippen LogP contribution in [0.15, 0.2) is 217 Å². The van der Waals surface area contributed by atoms with Crippen LogP contribution in [0, 0.1) is 0 Å². The molecule has 6 heteroatoms. The predicted octanol–water partition coefficient (Wildman–Crippen LogP) is 14.6. The van der Waals surface area contributed by atoms with Crippen molar-refractivity contribution in [2.24, 2.45) is 0 Å². The molecule has 13 aromatic rings. The maximum absolute atomic E-state index is 7.32. The van der Waals surface area contributed by atoms with Crippen LogP contribution in [0.4, 0.5) is 0 Å². The second-order valence-corrected chi connectivity index (χ2v) is 16.0. The van der Waals surface area contributed by atoms with Gasteiger partial charge in [-0.2, -0.15) is 0 Å². The molecule has 0 aliphatic carbocycles. The van der Waals surface area contributed by atoms with Crippen molar-refractivity contribution in [3.8, 4) is 56.7 Å². The Bertz CT molecular complexity index is 3830. The summed E-state index contributed by atoms with van der Waals surface area (Å²) in [4.78, 5) is 15.4. The Hall–Kier alpha value is -8.61. The zero-order chi connectivity index (χ0) is 41.4. The Morgan fingerprint density at radius 3 is 1.62 bits per heavy atom. The van der Waals surface area contributed by atoms with E-state index in [-0.39, 0.29) is 0 Å². The smallest absolute Gasteiger partial charge is 0.164 e. The minimum absolute atomic E-state index is 0.606. The Morgan fingerprint density at radius 1 is 0.333 bits per heavy atom. The number of furan rings is 1. The van der Waals surface area contributed by atoms with E-state index < -0.39 is 0 Å². The van der Waals surface area contributed by atoms with E-state index in [4.69, 9.17) is 19.4 Å². The first-order valence-corrected chi connectivity index (χ1v) is 21.2. The maximum atomic E-state index is 7.32. The number of benzene rings is 9. The van der Waals surface area contributed by atoms with Gasteiger partial charge in [0.05, 0.1) is 27.8 Å². The van der Waals surface area contributed by atoms with E-state index in [2.05, 4.69) is 161 Å². The highest BCUT2D eigenvalue weighted by molar-refractivity contribution is 6.25. The van der Waals surface area contributed by atoms with E-state index in [1.807, 2.05) is 60.7 Å². The molecule has 294 valence electrons. The Kier molecular flexibility index (Phi) is 7.80. The lowest BCUT2D eigenvalue weighted by atomic mass is 10.0. The Labute approximate surface area is 361 Å². The lowest BCUT2D eigenvalue weighted by Gasteiger charge is -2.10. The second-order valence-electron chi connectivity index (χ2n) is 16.0. The summed E-state index contributed by atoms with van der Waals surface area (Å²) in [6.45, 7) is 0. The number of hydrogen-bond acceptors (Lipinski definition) is 4. The largest absolute Gasteiger partial charge is 0.452 e. The van der Waals surface area contributed by atoms with Crippen LogP contribution in [-0.2, 0) is 0 Å². The number of para-hydroxylation sites is 3. The lowest BCUT2D eigenvalue weighted by molar-refractivity contribution is 0.668. The van der Waals surface area contributed by atoms with Gasteiger partial charge in [-0.1, -0.05) is 164 Å². The molecule has 0 spiro atoms. The van der Waals surface area contributed by atoms with Gasteiger partial charge in [0.15, 0.2) is 28.6 Å². The van der Waals surface area contributed by atoms with Crippen LogP contribution in [0.3, 0.4) is 0 Å². The van der Waals surface area contributed by atoms with Crippen molar-refractivity contribution in [2.45, 2.75) is 0 Å². The molecular weight excluding hydrogens is 771 g/mol. The quantitative estimate of drug-likeness (QED) is 0.168. The zero-order valence-corrected chi connectivity index (χ0v) is 33.9. The average molecular weight is 806 g/mol. The molecule has 4 heterocycles. The fourth-order valence-electron chi connectivity index (χ4n) is 9.57. The molecular formula is C57H35N5O. The highest BCUT2D eigenvalue weighted by atomic mass is 16.3. The van der Waals surface area contributed by atoms with E-state index in [9.17, 15) is 0 Å². The molecule has 0 bridgehead atoms. The molecule has 0 saturated carbocycles. The van der Waals surface area contributed by atoms with E-state index in [1.165, 1.54) is 21.9 Å². The standard InChI is InChI=1S/C57H35N5O/c1-5-17-36(18-6-1)39-31-34-48-46(35-39)41-25-13-14-28-47(41)62(48)50-30-15-26-42-43-32-33-44-51-45(27-16-29-49(51)61(40-23-11-4-12-24-40)52(44)54(43)63-53(42)50)57-59-55(37-19-7-2-8-20-37)58-56(60-57)38-21-9-3-10-22-38/h1-35H. The third-order valence-corrected chi connectivity index (χ3v) is 12.4. The third kappa shape index (κ3) is 5.48. The fourth-order valence-corrected chi connectivity index (χ4v) is 9.57. The fraction of sp³-hybridized carbons (Fsp3) is 0. The average Bonchev–Trinajstić information content (AvgIpc) is 4.03. The summed E-state index contributed by atoms with van der Waals surface area (Å²) in [6.07, 6.45) is 0. The van der Waals surface area contributed by atoms with Crippen molar-refractivity contribution in [1.29, 1.82) is 0 Å². The zero-order valence-electron chi connectivity index (χ0n) is 33.9. The number of nitrogens with zero attached hydrogens (tertiary/aromatic N) is 5. The molecule has 0 radical (unpaired) electrons. The van der Waals surface area contributed by atoms with Gasteiger partial charge in [-0.05, 0) is 59.7 Å². The van der Waals surface area contributed by atoms with Crippen molar-refractivity contribution >= 4 is 65.6 Å². The van der Waals surface area contributed by atoms with Crippen LogP contribution in [0.1, 0.15) is 0 Å². The number of fused-ring (bicyclic) bond motifs is 10. The van der Waals surface area contributed by atoms with Crippen molar-refractivity contribution < 1.29 is 4.42 Å². The highest BCUT2D eigenvalue weighted by Crippen LogP contribution is 2.45. The van der Waals surface area contributed by atoms with Crippen molar-refractivity contribution in [2.75, 3.05) is 0 Å².